The van der Waals surface area contributed by atoms with Gasteiger partial charge in [0.1, 0.15) is 12.4 Å². The minimum Gasteiger partial charge on any atom is -0.482 e. The highest BCUT2D eigenvalue weighted by Gasteiger charge is 2.26. The van der Waals surface area contributed by atoms with Crippen LogP contribution in [0.5, 0.6) is 5.75 Å². The Morgan fingerprint density at radius 1 is 1.10 bits per heavy atom. The van der Waals surface area contributed by atoms with Gasteiger partial charge in [-0.3, -0.25) is 0 Å². The maximum absolute atomic E-state index is 12.7. The second-order valence-corrected chi connectivity index (χ2v) is 8.82. The van der Waals surface area contributed by atoms with Gasteiger partial charge in [-0.2, -0.15) is 4.31 Å². The number of benzene rings is 2. The third-order valence-electron chi connectivity index (χ3n) is 4.60. The lowest BCUT2D eigenvalue weighted by Crippen LogP contribution is -2.40. The number of ether oxygens (including phenoxy) is 3. The molecule has 1 aliphatic heterocycles. The fourth-order valence-electron chi connectivity index (χ4n) is 2.94. The molecule has 0 atom stereocenters. The van der Waals surface area contributed by atoms with Crippen molar-refractivity contribution < 1.29 is 27.4 Å². The molecular weight excluding hydrogens is 394 g/mol. The molecule has 29 heavy (non-hydrogen) atoms. The molecule has 1 fully saturated rings. The second kappa shape index (κ2) is 9.39. The molecule has 8 heteroatoms. The molecule has 0 unspecified atom stereocenters. The monoisotopic (exact) mass is 419 g/mol. The van der Waals surface area contributed by atoms with Gasteiger partial charge in [-0.25, -0.2) is 13.2 Å². The summed E-state index contributed by atoms with van der Waals surface area (Å²) in [5, 5.41) is 0. The summed E-state index contributed by atoms with van der Waals surface area (Å²) in [6.07, 6.45) is 0. The Hall–Kier alpha value is -2.42. The zero-order chi connectivity index (χ0) is 20.9. The molecule has 1 aliphatic rings. The van der Waals surface area contributed by atoms with Crippen molar-refractivity contribution in [2.24, 2.45) is 0 Å². The molecule has 7 nitrogen and oxygen atoms in total. The molecule has 3 rings (SSSR count). The average molecular weight is 419 g/mol. The number of esters is 1. The first-order chi connectivity index (χ1) is 13.9. The van der Waals surface area contributed by atoms with Crippen LogP contribution in [0.1, 0.15) is 16.7 Å². The fourth-order valence-corrected chi connectivity index (χ4v) is 4.42. The van der Waals surface area contributed by atoms with Gasteiger partial charge in [0.25, 0.3) is 0 Å². The van der Waals surface area contributed by atoms with E-state index in [2.05, 4.69) is 0 Å². The van der Waals surface area contributed by atoms with Crippen molar-refractivity contribution in [2.75, 3.05) is 32.9 Å². The van der Waals surface area contributed by atoms with Crippen LogP contribution in [0.4, 0.5) is 0 Å². The summed E-state index contributed by atoms with van der Waals surface area (Å²) in [6.45, 7) is 5.04. The van der Waals surface area contributed by atoms with E-state index in [4.69, 9.17) is 14.2 Å². The fraction of sp³-hybridized carbons (Fsp3) is 0.381. The Morgan fingerprint density at radius 2 is 1.86 bits per heavy atom. The normalized spacial score (nSPS) is 15.1. The number of nitrogens with zero attached hydrogens (tertiary/aromatic N) is 1. The predicted octanol–water partition coefficient (Wildman–Crippen LogP) is 2.45. The lowest BCUT2D eigenvalue weighted by Gasteiger charge is -2.26. The summed E-state index contributed by atoms with van der Waals surface area (Å²) in [5.41, 5.74) is 2.57. The van der Waals surface area contributed by atoms with Crippen LogP contribution < -0.4 is 4.74 Å². The largest absolute Gasteiger partial charge is 0.482 e. The van der Waals surface area contributed by atoms with Gasteiger partial charge in [-0.15, -0.1) is 0 Å². The van der Waals surface area contributed by atoms with Gasteiger partial charge in [-0.1, -0.05) is 24.3 Å². The number of carbonyl (C=O) groups excluding carboxylic acids is 1. The Bertz CT molecular complexity index is 967. The number of hydrogen-bond acceptors (Lipinski definition) is 6. The molecule has 2 aromatic rings. The zero-order valence-electron chi connectivity index (χ0n) is 16.6. The van der Waals surface area contributed by atoms with Gasteiger partial charge >= 0.3 is 5.97 Å². The number of morpholine rings is 1. The highest BCUT2D eigenvalue weighted by molar-refractivity contribution is 7.89. The maximum Gasteiger partial charge on any atom is 0.344 e. The topological polar surface area (TPSA) is 82.1 Å². The van der Waals surface area contributed by atoms with Crippen LogP contribution in [0.2, 0.25) is 0 Å². The van der Waals surface area contributed by atoms with Crippen LogP contribution in [0.15, 0.2) is 47.4 Å². The SMILES string of the molecule is Cc1ccc(C)c(OCC(=O)OCc2cccc(S(=O)(=O)N3CCOCC3)c2)c1. The van der Waals surface area contributed by atoms with Crippen molar-refractivity contribution in [1.82, 2.24) is 4.31 Å². The van der Waals surface area contributed by atoms with Crippen LogP contribution in [0.3, 0.4) is 0 Å². The molecule has 156 valence electrons. The average Bonchev–Trinajstić information content (AvgIpc) is 2.73. The van der Waals surface area contributed by atoms with Crippen molar-refractivity contribution >= 4 is 16.0 Å². The van der Waals surface area contributed by atoms with E-state index in [0.29, 0.717) is 37.6 Å². The first kappa shape index (κ1) is 21.3. The molecule has 0 N–H and O–H groups in total. The zero-order valence-corrected chi connectivity index (χ0v) is 17.4. The van der Waals surface area contributed by atoms with E-state index in [1.54, 1.807) is 18.2 Å². The third-order valence-corrected chi connectivity index (χ3v) is 6.49. The Labute approximate surface area is 171 Å². The van der Waals surface area contributed by atoms with Crippen molar-refractivity contribution in [2.45, 2.75) is 25.3 Å². The molecule has 1 saturated heterocycles. The lowest BCUT2D eigenvalue weighted by molar-refractivity contribution is -0.147. The molecule has 0 amide bonds. The van der Waals surface area contributed by atoms with Gasteiger partial charge in [0.15, 0.2) is 6.61 Å². The summed E-state index contributed by atoms with van der Waals surface area (Å²) < 4.78 is 42.9. The first-order valence-electron chi connectivity index (χ1n) is 9.39. The molecule has 0 radical (unpaired) electrons. The number of carbonyl (C=O) groups is 1. The standard InChI is InChI=1S/C21H25NO6S/c1-16-6-7-17(2)20(12-16)27-15-21(23)28-14-18-4-3-5-19(13-18)29(24,25)22-8-10-26-11-9-22/h3-7,12-13H,8-11,14-15H2,1-2H3. The van der Waals surface area contributed by atoms with Gasteiger partial charge < -0.3 is 14.2 Å². The van der Waals surface area contributed by atoms with Crippen molar-refractivity contribution in [3.05, 3.63) is 59.2 Å². The van der Waals surface area contributed by atoms with Crippen LogP contribution >= 0.6 is 0 Å². The van der Waals surface area contributed by atoms with E-state index in [1.807, 2.05) is 32.0 Å². The van der Waals surface area contributed by atoms with Gasteiger partial charge in [0, 0.05) is 13.1 Å². The number of aryl methyl sites for hydroxylation is 2. The van der Waals surface area contributed by atoms with Crippen molar-refractivity contribution in [3.63, 3.8) is 0 Å². The quantitative estimate of drug-likeness (QED) is 0.641. The van der Waals surface area contributed by atoms with Gasteiger partial charge in [0.05, 0.1) is 18.1 Å². The number of sulfonamides is 1. The summed E-state index contributed by atoms with van der Waals surface area (Å²) in [7, 11) is -3.59. The van der Waals surface area contributed by atoms with Crippen molar-refractivity contribution in [1.29, 1.82) is 0 Å². The van der Waals surface area contributed by atoms with Gasteiger partial charge in [0.2, 0.25) is 10.0 Å². The second-order valence-electron chi connectivity index (χ2n) is 6.88. The minimum atomic E-state index is -3.59. The molecule has 1 heterocycles. The molecular formula is C21H25NO6S. The summed E-state index contributed by atoms with van der Waals surface area (Å²) in [4.78, 5) is 12.2. The molecule has 2 aromatic carbocycles. The maximum atomic E-state index is 12.7. The van der Waals surface area contributed by atoms with E-state index in [1.165, 1.54) is 10.4 Å². The Kier molecular flexibility index (Phi) is 6.89. The summed E-state index contributed by atoms with van der Waals surface area (Å²) in [6, 6.07) is 12.2. The first-order valence-corrected chi connectivity index (χ1v) is 10.8. The van der Waals surface area contributed by atoms with E-state index >= 15 is 0 Å². The molecule has 0 bridgehead atoms. The third kappa shape index (κ3) is 5.56. The van der Waals surface area contributed by atoms with Crippen LogP contribution in [-0.4, -0.2) is 51.6 Å². The smallest absolute Gasteiger partial charge is 0.344 e. The number of hydrogen-bond donors (Lipinski definition) is 0. The van der Waals surface area contributed by atoms with Crippen LogP contribution in [-0.2, 0) is 30.9 Å². The molecule has 0 saturated carbocycles. The Morgan fingerprint density at radius 3 is 2.62 bits per heavy atom. The minimum absolute atomic E-state index is 0.0263. The highest BCUT2D eigenvalue weighted by Crippen LogP contribution is 2.20. The lowest BCUT2D eigenvalue weighted by atomic mass is 10.1. The van der Waals surface area contributed by atoms with Gasteiger partial charge in [-0.05, 0) is 48.7 Å². The molecule has 0 aromatic heterocycles. The van der Waals surface area contributed by atoms with E-state index < -0.39 is 16.0 Å². The van der Waals surface area contributed by atoms with E-state index in [9.17, 15) is 13.2 Å². The molecule has 0 spiro atoms. The van der Waals surface area contributed by atoms with E-state index in [-0.39, 0.29) is 18.1 Å². The Balaban J connectivity index is 1.57. The highest BCUT2D eigenvalue weighted by atomic mass is 32.2. The summed E-state index contributed by atoms with van der Waals surface area (Å²) in [5.74, 6) is 0.118. The predicted molar refractivity (Wildman–Crippen MR) is 107 cm³/mol. The number of rotatable bonds is 7. The van der Waals surface area contributed by atoms with Crippen LogP contribution in [0.25, 0.3) is 0 Å². The summed E-state index contributed by atoms with van der Waals surface area (Å²) >= 11 is 0. The molecule has 0 aliphatic carbocycles. The van der Waals surface area contributed by atoms with Crippen molar-refractivity contribution in [3.8, 4) is 5.75 Å². The van der Waals surface area contributed by atoms with E-state index in [0.717, 1.165) is 11.1 Å². The van der Waals surface area contributed by atoms with Crippen LogP contribution in [0, 0.1) is 13.8 Å².